The number of hydrogen-bond acceptors (Lipinski definition) is 5. The number of guanidine groups is 1. The Labute approximate surface area is 191 Å². The van der Waals surface area contributed by atoms with Crippen molar-refractivity contribution in [3.05, 3.63) is 22.4 Å². The average Bonchev–Trinajstić information content (AvgIpc) is 3.23. The lowest BCUT2D eigenvalue weighted by molar-refractivity contribution is 0.0177. The molecule has 0 amide bonds. The molecule has 1 aromatic rings. The van der Waals surface area contributed by atoms with Crippen LogP contribution in [0, 0.1) is 5.92 Å². The molecule has 1 unspecified atom stereocenters. The number of morpholine rings is 1. The van der Waals surface area contributed by atoms with E-state index in [0.29, 0.717) is 6.04 Å². The predicted molar refractivity (Wildman–Crippen MR) is 129 cm³/mol. The number of nitrogens with zero attached hydrogens (tertiary/aromatic N) is 3. The highest BCUT2D eigenvalue weighted by molar-refractivity contribution is 14.0. The molecule has 6 nitrogen and oxygen atoms in total. The maximum atomic E-state index is 5.53. The lowest BCUT2D eigenvalue weighted by atomic mass is 9.99. The maximum Gasteiger partial charge on any atom is 0.191 e. The first kappa shape index (κ1) is 23.9. The van der Waals surface area contributed by atoms with Gasteiger partial charge in [0.1, 0.15) is 0 Å². The molecule has 2 aliphatic rings. The molecule has 3 heterocycles. The van der Waals surface area contributed by atoms with E-state index in [1.54, 1.807) is 0 Å². The first-order valence-corrected chi connectivity index (χ1v) is 11.2. The van der Waals surface area contributed by atoms with Crippen LogP contribution in [0.4, 0.5) is 0 Å². The Morgan fingerprint density at radius 1 is 1.25 bits per heavy atom. The van der Waals surface area contributed by atoms with Crippen molar-refractivity contribution in [2.75, 3.05) is 66.1 Å². The smallest absolute Gasteiger partial charge is 0.191 e. The molecule has 1 atom stereocenters. The summed E-state index contributed by atoms with van der Waals surface area (Å²) in [6, 6.07) is 4.75. The van der Waals surface area contributed by atoms with Crippen LogP contribution in [-0.2, 0) is 4.74 Å². The average molecular weight is 522 g/mol. The van der Waals surface area contributed by atoms with Gasteiger partial charge in [0.05, 0.1) is 19.3 Å². The fraction of sp³-hybridized carbons (Fsp3) is 0.750. The van der Waals surface area contributed by atoms with Gasteiger partial charge in [-0.05, 0) is 43.3 Å². The van der Waals surface area contributed by atoms with Crippen LogP contribution in [0.25, 0.3) is 0 Å². The fourth-order valence-corrected chi connectivity index (χ4v) is 4.67. The Bertz CT molecular complexity index is 557. The van der Waals surface area contributed by atoms with Gasteiger partial charge in [0.2, 0.25) is 0 Å². The molecule has 3 rings (SSSR count). The Morgan fingerprint density at radius 3 is 2.64 bits per heavy atom. The molecule has 8 heteroatoms. The van der Waals surface area contributed by atoms with Crippen molar-refractivity contribution in [2.45, 2.75) is 25.8 Å². The molecule has 0 aliphatic carbocycles. The summed E-state index contributed by atoms with van der Waals surface area (Å²) >= 11 is 1.83. The number of likely N-dealkylation sites (tertiary alicyclic amines) is 1. The highest BCUT2D eigenvalue weighted by Crippen LogP contribution is 2.25. The van der Waals surface area contributed by atoms with Crippen LogP contribution in [-0.4, -0.2) is 81.8 Å². The molecule has 0 saturated carbocycles. The standard InChI is InChI=1S/C20H35N5OS.HI/c1-17-5-8-24(9-6-17)10-7-22-20(21-2)23-16-18(19-4-3-15-27-19)25-11-13-26-14-12-25;/h3-4,15,17-18H,5-14,16H2,1-2H3,(H2,21,22,23);1H. The largest absolute Gasteiger partial charge is 0.379 e. The molecule has 2 aliphatic heterocycles. The van der Waals surface area contributed by atoms with Gasteiger partial charge in [-0.2, -0.15) is 0 Å². The van der Waals surface area contributed by atoms with Gasteiger partial charge >= 0.3 is 0 Å². The van der Waals surface area contributed by atoms with Gasteiger partial charge in [0.25, 0.3) is 0 Å². The van der Waals surface area contributed by atoms with Gasteiger partial charge in [-0.15, -0.1) is 35.3 Å². The zero-order chi connectivity index (χ0) is 18.9. The third kappa shape index (κ3) is 7.44. The van der Waals surface area contributed by atoms with E-state index < -0.39 is 0 Å². The van der Waals surface area contributed by atoms with Crippen molar-refractivity contribution < 1.29 is 4.74 Å². The molecule has 1 aromatic heterocycles. The number of nitrogens with one attached hydrogen (secondary N) is 2. The molecule has 0 spiro atoms. The Kier molecular flexibility index (Phi) is 11.1. The Hall–Kier alpha value is -0.420. The Morgan fingerprint density at radius 2 is 2.00 bits per heavy atom. The highest BCUT2D eigenvalue weighted by Gasteiger charge is 2.23. The number of aliphatic imine (C=N–C) groups is 1. The molecule has 28 heavy (non-hydrogen) atoms. The maximum absolute atomic E-state index is 5.53. The number of ether oxygens (including phenoxy) is 1. The minimum atomic E-state index is 0. The van der Waals surface area contributed by atoms with Crippen LogP contribution < -0.4 is 10.6 Å². The highest BCUT2D eigenvalue weighted by atomic mass is 127. The van der Waals surface area contributed by atoms with Crippen LogP contribution >= 0.6 is 35.3 Å². The van der Waals surface area contributed by atoms with Crippen molar-refractivity contribution in [1.82, 2.24) is 20.4 Å². The summed E-state index contributed by atoms with van der Waals surface area (Å²) in [5.74, 6) is 1.79. The summed E-state index contributed by atoms with van der Waals surface area (Å²) in [6.07, 6.45) is 2.66. The Balaban J connectivity index is 0.00000280. The third-order valence-electron chi connectivity index (χ3n) is 5.64. The van der Waals surface area contributed by atoms with Crippen LogP contribution in [0.3, 0.4) is 0 Å². The molecule has 2 saturated heterocycles. The predicted octanol–water partition coefficient (Wildman–Crippen LogP) is 2.64. The van der Waals surface area contributed by atoms with Crippen molar-refractivity contribution in [3.63, 3.8) is 0 Å². The van der Waals surface area contributed by atoms with E-state index in [-0.39, 0.29) is 24.0 Å². The van der Waals surface area contributed by atoms with E-state index in [9.17, 15) is 0 Å². The zero-order valence-electron chi connectivity index (χ0n) is 17.2. The summed E-state index contributed by atoms with van der Waals surface area (Å²) in [5.41, 5.74) is 0. The fourth-order valence-electron chi connectivity index (χ4n) is 3.81. The first-order valence-electron chi connectivity index (χ1n) is 10.3. The number of halogens is 1. The number of hydrogen-bond donors (Lipinski definition) is 2. The summed E-state index contributed by atoms with van der Waals surface area (Å²) < 4.78 is 5.53. The number of thiophene rings is 1. The monoisotopic (exact) mass is 521 g/mol. The molecule has 0 aromatic carbocycles. The van der Waals surface area contributed by atoms with Crippen molar-refractivity contribution >= 4 is 41.3 Å². The van der Waals surface area contributed by atoms with E-state index in [2.05, 4.69) is 49.9 Å². The van der Waals surface area contributed by atoms with E-state index in [0.717, 1.165) is 57.8 Å². The topological polar surface area (TPSA) is 52.1 Å². The number of piperidine rings is 1. The van der Waals surface area contributed by atoms with Crippen LogP contribution in [0.1, 0.15) is 30.7 Å². The van der Waals surface area contributed by atoms with Crippen LogP contribution in [0.15, 0.2) is 22.5 Å². The van der Waals surface area contributed by atoms with E-state index in [1.807, 2.05) is 18.4 Å². The van der Waals surface area contributed by atoms with E-state index >= 15 is 0 Å². The SMILES string of the molecule is CN=C(NCCN1CCC(C)CC1)NCC(c1cccs1)N1CCOCC1.I. The minimum absolute atomic E-state index is 0. The van der Waals surface area contributed by atoms with Crippen molar-refractivity contribution in [3.8, 4) is 0 Å². The van der Waals surface area contributed by atoms with Gasteiger partial charge < -0.3 is 20.3 Å². The molecule has 0 bridgehead atoms. The minimum Gasteiger partial charge on any atom is -0.379 e. The summed E-state index contributed by atoms with van der Waals surface area (Å²) in [7, 11) is 1.85. The summed E-state index contributed by atoms with van der Waals surface area (Å²) in [6.45, 7) is 11.3. The van der Waals surface area contributed by atoms with Gasteiger partial charge in [-0.3, -0.25) is 9.89 Å². The second kappa shape index (κ2) is 13.0. The molecular formula is C20H36IN5OS. The molecular weight excluding hydrogens is 485 g/mol. The molecule has 160 valence electrons. The second-order valence-corrected chi connectivity index (χ2v) is 8.56. The van der Waals surface area contributed by atoms with Gasteiger partial charge in [-0.25, -0.2) is 0 Å². The quantitative estimate of drug-likeness (QED) is 0.329. The third-order valence-corrected chi connectivity index (χ3v) is 6.61. The van der Waals surface area contributed by atoms with E-state index in [4.69, 9.17) is 4.74 Å². The second-order valence-electron chi connectivity index (χ2n) is 7.58. The molecule has 0 radical (unpaired) electrons. The lowest BCUT2D eigenvalue weighted by Crippen LogP contribution is -2.47. The van der Waals surface area contributed by atoms with E-state index in [1.165, 1.54) is 30.8 Å². The first-order chi connectivity index (χ1) is 13.3. The molecule has 2 fully saturated rings. The zero-order valence-corrected chi connectivity index (χ0v) is 20.4. The van der Waals surface area contributed by atoms with Crippen molar-refractivity contribution in [1.29, 1.82) is 0 Å². The lowest BCUT2D eigenvalue weighted by Gasteiger charge is -2.34. The molecule has 2 N–H and O–H groups in total. The summed E-state index contributed by atoms with van der Waals surface area (Å²) in [4.78, 5) is 10.9. The summed E-state index contributed by atoms with van der Waals surface area (Å²) in [5, 5.41) is 9.20. The number of rotatable bonds is 7. The van der Waals surface area contributed by atoms with Gasteiger partial charge in [-0.1, -0.05) is 13.0 Å². The van der Waals surface area contributed by atoms with Crippen LogP contribution in [0.2, 0.25) is 0 Å². The van der Waals surface area contributed by atoms with Gasteiger partial charge in [0.15, 0.2) is 5.96 Å². The van der Waals surface area contributed by atoms with Crippen molar-refractivity contribution in [2.24, 2.45) is 10.9 Å². The van der Waals surface area contributed by atoms with Gasteiger partial charge in [0, 0.05) is 44.6 Å². The normalized spacial score (nSPS) is 21.1. The van der Waals surface area contributed by atoms with Crippen LogP contribution in [0.5, 0.6) is 0 Å².